The van der Waals surface area contributed by atoms with Crippen LogP contribution in [0.5, 0.6) is 5.75 Å². The summed E-state index contributed by atoms with van der Waals surface area (Å²) < 4.78 is 5.14. The van der Waals surface area contributed by atoms with Gasteiger partial charge in [0, 0.05) is 5.69 Å². The lowest BCUT2D eigenvalue weighted by Crippen LogP contribution is -2.07. The predicted molar refractivity (Wildman–Crippen MR) is 76.0 cm³/mol. The molecule has 0 aliphatic carbocycles. The normalized spacial score (nSPS) is 11.6. The fraction of sp³-hybridized carbons (Fsp3) is 0.125. The predicted octanol–water partition coefficient (Wildman–Crippen LogP) is 4.03. The van der Waals surface area contributed by atoms with Gasteiger partial charge in [0.05, 0.1) is 13.2 Å². The molecule has 1 N–H and O–H groups in total. The van der Waals surface area contributed by atoms with Crippen molar-refractivity contribution in [1.29, 1.82) is 0 Å². The molecule has 0 aliphatic rings. The van der Waals surface area contributed by atoms with Crippen molar-refractivity contribution in [3.63, 3.8) is 0 Å². The SMILES string of the molecule is C=CC(Nc1ccc(OC)cc1)c1ccccc1. The van der Waals surface area contributed by atoms with E-state index in [9.17, 15) is 0 Å². The number of rotatable bonds is 5. The molecule has 0 aliphatic heterocycles. The number of ether oxygens (including phenoxy) is 1. The van der Waals surface area contributed by atoms with E-state index < -0.39 is 0 Å². The number of benzene rings is 2. The number of hydrogen-bond acceptors (Lipinski definition) is 2. The van der Waals surface area contributed by atoms with E-state index in [0.29, 0.717) is 0 Å². The number of hydrogen-bond donors (Lipinski definition) is 1. The van der Waals surface area contributed by atoms with Gasteiger partial charge in [-0.2, -0.15) is 0 Å². The van der Waals surface area contributed by atoms with Crippen LogP contribution >= 0.6 is 0 Å². The Bertz CT molecular complexity index is 490. The second-order valence-electron chi connectivity index (χ2n) is 4.00. The van der Waals surface area contributed by atoms with Gasteiger partial charge < -0.3 is 10.1 Å². The minimum absolute atomic E-state index is 0.111. The van der Waals surface area contributed by atoms with Crippen molar-refractivity contribution in [2.24, 2.45) is 0 Å². The van der Waals surface area contributed by atoms with Gasteiger partial charge >= 0.3 is 0 Å². The first-order valence-corrected chi connectivity index (χ1v) is 5.91. The fourth-order valence-electron chi connectivity index (χ4n) is 1.81. The molecule has 1 atom stereocenters. The van der Waals surface area contributed by atoms with Gasteiger partial charge in [0.2, 0.25) is 0 Å². The molecule has 0 heterocycles. The molecule has 0 bridgehead atoms. The molecule has 0 amide bonds. The summed E-state index contributed by atoms with van der Waals surface area (Å²) in [6, 6.07) is 18.2. The maximum absolute atomic E-state index is 5.14. The van der Waals surface area contributed by atoms with Crippen LogP contribution in [0, 0.1) is 0 Å². The van der Waals surface area contributed by atoms with Crippen LogP contribution in [0.25, 0.3) is 0 Å². The van der Waals surface area contributed by atoms with Crippen LogP contribution in [0.4, 0.5) is 5.69 Å². The maximum atomic E-state index is 5.14. The second-order valence-corrected chi connectivity index (χ2v) is 4.00. The number of methoxy groups -OCH3 is 1. The monoisotopic (exact) mass is 239 g/mol. The van der Waals surface area contributed by atoms with E-state index in [4.69, 9.17) is 4.74 Å². The third-order valence-electron chi connectivity index (χ3n) is 2.81. The zero-order valence-corrected chi connectivity index (χ0v) is 10.5. The van der Waals surface area contributed by atoms with Gasteiger partial charge in [-0.1, -0.05) is 36.4 Å². The molecule has 2 aromatic rings. The van der Waals surface area contributed by atoms with Gasteiger partial charge in [-0.3, -0.25) is 0 Å². The van der Waals surface area contributed by atoms with Crippen LogP contribution in [0.2, 0.25) is 0 Å². The highest BCUT2D eigenvalue weighted by atomic mass is 16.5. The largest absolute Gasteiger partial charge is 0.497 e. The Morgan fingerprint density at radius 3 is 2.28 bits per heavy atom. The molecule has 2 aromatic carbocycles. The summed E-state index contributed by atoms with van der Waals surface area (Å²) in [6.45, 7) is 3.88. The van der Waals surface area contributed by atoms with Crippen molar-refractivity contribution in [2.75, 3.05) is 12.4 Å². The Kier molecular flexibility index (Phi) is 4.02. The molecule has 1 unspecified atom stereocenters. The lowest BCUT2D eigenvalue weighted by molar-refractivity contribution is 0.415. The first-order chi connectivity index (χ1) is 8.83. The highest BCUT2D eigenvalue weighted by molar-refractivity contribution is 5.49. The minimum Gasteiger partial charge on any atom is -0.497 e. The summed E-state index contributed by atoms with van der Waals surface area (Å²) in [5.74, 6) is 0.857. The van der Waals surface area contributed by atoms with Gasteiger partial charge in [0.25, 0.3) is 0 Å². The Morgan fingerprint density at radius 1 is 1.06 bits per heavy atom. The van der Waals surface area contributed by atoms with Crippen molar-refractivity contribution < 1.29 is 4.74 Å². The molecular weight excluding hydrogens is 222 g/mol. The Balaban J connectivity index is 2.13. The first-order valence-electron chi connectivity index (χ1n) is 5.91. The Hall–Kier alpha value is -2.22. The number of nitrogens with one attached hydrogen (secondary N) is 1. The van der Waals surface area contributed by atoms with Crippen molar-refractivity contribution in [2.45, 2.75) is 6.04 Å². The summed E-state index contributed by atoms with van der Waals surface area (Å²) in [6.07, 6.45) is 1.90. The van der Waals surface area contributed by atoms with E-state index >= 15 is 0 Å². The van der Waals surface area contributed by atoms with E-state index in [1.807, 2.05) is 48.5 Å². The second kappa shape index (κ2) is 5.92. The first kappa shape index (κ1) is 12.2. The summed E-state index contributed by atoms with van der Waals surface area (Å²) in [4.78, 5) is 0. The molecule has 0 fully saturated rings. The molecule has 0 radical (unpaired) electrons. The zero-order chi connectivity index (χ0) is 12.8. The topological polar surface area (TPSA) is 21.3 Å². The summed E-state index contributed by atoms with van der Waals surface area (Å²) in [5, 5.41) is 3.42. The third kappa shape index (κ3) is 2.92. The molecule has 0 saturated carbocycles. The van der Waals surface area contributed by atoms with Crippen molar-refractivity contribution in [3.8, 4) is 5.75 Å². The van der Waals surface area contributed by atoms with Gasteiger partial charge in [0.1, 0.15) is 5.75 Å². The molecule has 0 aromatic heterocycles. The molecule has 18 heavy (non-hydrogen) atoms. The Labute approximate surface area is 108 Å². The number of anilines is 1. The highest BCUT2D eigenvalue weighted by Gasteiger charge is 2.06. The van der Waals surface area contributed by atoms with E-state index in [1.54, 1.807) is 7.11 Å². The molecule has 2 rings (SSSR count). The van der Waals surface area contributed by atoms with Crippen LogP contribution in [-0.4, -0.2) is 7.11 Å². The van der Waals surface area contributed by atoms with Crippen LogP contribution in [0.15, 0.2) is 67.3 Å². The minimum atomic E-state index is 0.111. The quantitative estimate of drug-likeness (QED) is 0.795. The van der Waals surface area contributed by atoms with Crippen LogP contribution in [0.1, 0.15) is 11.6 Å². The zero-order valence-electron chi connectivity index (χ0n) is 10.5. The van der Waals surface area contributed by atoms with E-state index in [2.05, 4.69) is 24.0 Å². The van der Waals surface area contributed by atoms with Crippen LogP contribution in [-0.2, 0) is 0 Å². The van der Waals surface area contributed by atoms with E-state index in [0.717, 1.165) is 11.4 Å². The van der Waals surface area contributed by atoms with Crippen molar-refractivity contribution >= 4 is 5.69 Å². The average Bonchev–Trinajstić information content (AvgIpc) is 2.46. The van der Waals surface area contributed by atoms with E-state index in [1.165, 1.54) is 5.56 Å². The van der Waals surface area contributed by atoms with Gasteiger partial charge in [0.15, 0.2) is 0 Å². The Morgan fingerprint density at radius 2 is 1.72 bits per heavy atom. The lowest BCUT2D eigenvalue weighted by atomic mass is 10.1. The summed E-state index contributed by atoms with van der Waals surface area (Å²) in [7, 11) is 1.67. The third-order valence-corrected chi connectivity index (χ3v) is 2.81. The fourth-order valence-corrected chi connectivity index (χ4v) is 1.81. The maximum Gasteiger partial charge on any atom is 0.119 e. The van der Waals surface area contributed by atoms with Crippen molar-refractivity contribution in [1.82, 2.24) is 0 Å². The molecule has 2 heteroatoms. The summed E-state index contributed by atoms with van der Waals surface area (Å²) in [5.41, 5.74) is 2.24. The summed E-state index contributed by atoms with van der Waals surface area (Å²) >= 11 is 0. The average molecular weight is 239 g/mol. The van der Waals surface area contributed by atoms with Crippen LogP contribution < -0.4 is 10.1 Å². The van der Waals surface area contributed by atoms with Gasteiger partial charge in [-0.25, -0.2) is 0 Å². The smallest absolute Gasteiger partial charge is 0.119 e. The molecule has 0 saturated heterocycles. The molecule has 92 valence electrons. The molecule has 0 spiro atoms. The standard InChI is InChI=1S/C16H17NO/c1-3-16(13-7-5-4-6-8-13)17-14-9-11-15(18-2)12-10-14/h3-12,16-17H,1H2,2H3. The van der Waals surface area contributed by atoms with Crippen molar-refractivity contribution in [3.05, 3.63) is 72.8 Å². The lowest BCUT2D eigenvalue weighted by Gasteiger charge is -2.16. The highest BCUT2D eigenvalue weighted by Crippen LogP contribution is 2.22. The van der Waals surface area contributed by atoms with Crippen LogP contribution in [0.3, 0.4) is 0 Å². The molecular formula is C16H17NO. The van der Waals surface area contributed by atoms with E-state index in [-0.39, 0.29) is 6.04 Å². The van der Waals surface area contributed by atoms with Gasteiger partial charge in [-0.15, -0.1) is 6.58 Å². The molecule has 2 nitrogen and oxygen atoms in total. The van der Waals surface area contributed by atoms with Gasteiger partial charge in [-0.05, 0) is 29.8 Å².